The molecule has 2 aromatic heterocycles. The van der Waals surface area contributed by atoms with Crippen LogP contribution in [0.4, 0.5) is 0 Å². The van der Waals surface area contributed by atoms with Gasteiger partial charge in [0.15, 0.2) is 0 Å². The molecule has 0 saturated carbocycles. The molecule has 0 amide bonds. The number of aryl methyl sites for hydroxylation is 1. The van der Waals surface area contributed by atoms with Gasteiger partial charge in [-0.05, 0) is 53.0 Å². The molecule has 1 aliphatic carbocycles. The van der Waals surface area contributed by atoms with Crippen LogP contribution in [0.2, 0.25) is 0 Å². The predicted molar refractivity (Wildman–Crippen MR) is 112 cm³/mol. The van der Waals surface area contributed by atoms with Gasteiger partial charge >= 0.3 is 0 Å². The molecular weight excluding hydrogens is 378 g/mol. The maximum Gasteiger partial charge on any atom is 0.143 e. The first kappa shape index (κ1) is 18.5. The number of pyridine rings is 1. The van der Waals surface area contributed by atoms with Gasteiger partial charge in [-0.1, -0.05) is 18.2 Å². The van der Waals surface area contributed by atoms with Gasteiger partial charge in [-0.3, -0.25) is 4.98 Å². The summed E-state index contributed by atoms with van der Waals surface area (Å²) in [4.78, 5) is 4.20. The summed E-state index contributed by atoms with van der Waals surface area (Å²) in [5.41, 5.74) is 8.22. The third kappa shape index (κ3) is 3.69. The first-order valence-corrected chi connectivity index (χ1v) is 10.0. The van der Waals surface area contributed by atoms with Crippen LogP contribution in [0.1, 0.15) is 23.2 Å². The zero-order chi connectivity index (χ0) is 20.3. The smallest absolute Gasteiger partial charge is 0.143 e. The second-order valence-corrected chi connectivity index (χ2v) is 7.47. The van der Waals surface area contributed by atoms with Crippen LogP contribution in [0, 0.1) is 0 Å². The summed E-state index contributed by atoms with van der Waals surface area (Å²) in [6.07, 6.45) is 5.54. The third-order valence-corrected chi connectivity index (χ3v) is 5.47. The number of aromatic nitrogens is 4. The van der Waals surface area contributed by atoms with E-state index in [9.17, 15) is 0 Å². The van der Waals surface area contributed by atoms with Crippen LogP contribution < -0.4 is 26.0 Å². The number of rotatable bonds is 6. The predicted octanol–water partition coefficient (Wildman–Crippen LogP) is 0.248. The highest BCUT2D eigenvalue weighted by Gasteiger charge is 2.23. The Labute approximate surface area is 174 Å². The van der Waals surface area contributed by atoms with Gasteiger partial charge in [0.2, 0.25) is 0 Å². The largest absolute Gasteiger partial charge is 0.497 e. The molecule has 0 atom stereocenters. The molecule has 0 unspecified atom stereocenters. The molecular formula is C22H23N7O. The Morgan fingerprint density at radius 1 is 1.10 bits per heavy atom. The van der Waals surface area contributed by atoms with E-state index in [2.05, 4.69) is 48.3 Å². The van der Waals surface area contributed by atoms with Crippen LogP contribution >= 0.6 is 0 Å². The molecule has 30 heavy (non-hydrogen) atoms. The summed E-state index contributed by atoms with van der Waals surface area (Å²) in [7, 11) is 1.68. The van der Waals surface area contributed by atoms with E-state index in [0.717, 1.165) is 59.3 Å². The minimum Gasteiger partial charge on any atom is -0.497 e. The summed E-state index contributed by atoms with van der Waals surface area (Å²) < 4.78 is 5.28. The van der Waals surface area contributed by atoms with E-state index in [1.54, 1.807) is 13.3 Å². The second kappa shape index (κ2) is 8.08. The van der Waals surface area contributed by atoms with Gasteiger partial charge in [-0.2, -0.15) is 0 Å². The summed E-state index contributed by atoms with van der Waals surface area (Å²) in [6, 6.07) is 12.1. The Kier molecular flexibility index (Phi) is 4.98. The molecule has 0 saturated heterocycles. The van der Waals surface area contributed by atoms with Crippen molar-refractivity contribution in [2.45, 2.75) is 25.9 Å². The van der Waals surface area contributed by atoms with Crippen molar-refractivity contribution in [1.82, 2.24) is 36.1 Å². The van der Waals surface area contributed by atoms with Gasteiger partial charge in [0.05, 0.1) is 12.8 Å². The second-order valence-electron chi connectivity index (χ2n) is 7.47. The van der Waals surface area contributed by atoms with Crippen LogP contribution in [0.25, 0.3) is 11.4 Å². The zero-order valence-electron chi connectivity index (χ0n) is 16.8. The Balaban J connectivity index is 1.47. The Hall–Kier alpha value is -3.52. The quantitative estimate of drug-likeness (QED) is 0.608. The molecule has 8 nitrogen and oxygen atoms in total. The fourth-order valence-corrected chi connectivity index (χ4v) is 3.98. The van der Waals surface area contributed by atoms with Crippen LogP contribution in [0.15, 0.2) is 48.8 Å². The van der Waals surface area contributed by atoms with Crippen molar-refractivity contribution in [2.24, 2.45) is 0 Å². The Morgan fingerprint density at radius 2 is 2.00 bits per heavy atom. The lowest BCUT2D eigenvalue weighted by Gasteiger charge is -2.25. The van der Waals surface area contributed by atoms with Gasteiger partial charge < -0.3 is 15.5 Å². The van der Waals surface area contributed by atoms with E-state index in [-0.39, 0.29) is 0 Å². The average Bonchev–Trinajstić information content (AvgIpc) is 3.13. The maximum absolute atomic E-state index is 5.28. The number of benzene rings is 1. The van der Waals surface area contributed by atoms with E-state index < -0.39 is 0 Å². The zero-order valence-corrected chi connectivity index (χ0v) is 16.8. The Morgan fingerprint density at radius 3 is 2.80 bits per heavy atom. The normalized spacial score (nSPS) is 15.4. The number of ether oxygens (including phenoxy) is 1. The van der Waals surface area contributed by atoms with E-state index >= 15 is 0 Å². The molecule has 0 bridgehead atoms. The van der Waals surface area contributed by atoms with Crippen LogP contribution in [-0.2, 0) is 19.5 Å². The lowest BCUT2D eigenvalue weighted by molar-refractivity contribution is 0.242. The van der Waals surface area contributed by atoms with E-state index in [0.29, 0.717) is 6.54 Å². The molecule has 1 aliphatic heterocycles. The maximum atomic E-state index is 5.28. The number of hydrogen-bond acceptors (Lipinski definition) is 8. The fraction of sp³-hybridized carbons (Fsp3) is 0.273. The summed E-state index contributed by atoms with van der Waals surface area (Å²) in [5, 5.41) is 20.4. The summed E-state index contributed by atoms with van der Waals surface area (Å²) in [6.45, 7) is 2.19. The topological polar surface area (TPSA) is 88.1 Å². The van der Waals surface area contributed by atoms with Gasteiger partial charge in [-0.15, -0.1) is 10.2 Å². The monoisotopic (exact) mass is 401 g/mol. The standard InChI is InChI=1S/C22H23N7O/c1-30-18-7-4-15(5-8-18)13-29-14-17-6-9-19-20(17)21(26-28-25-19)22(27-29)24-12-16-3-2-10-23-11-16/h2-5,7-8,10-11,24,27H,6,9,12-14H2,1H3. The number of hydrazine groups is 1. The van der Waals surface area contributed by atoms with Crippen molar-refractivity contribution < 1.29 is 4.74 Å². The fourth-order valence-electron chi connectivity index (χ4n) is 3.98. The lowest BCUT2D eigenvalue weighted by Crippen LogP contribution is -2.45. The summed E-state index contributed by atoms with van der Waals surface area (Å²) >= 11 is 0. The molecule has 3 heterocycles. The molecule has 8 heteroatoms. The van der Waals surface area contributed by atoms with Gasteiger partial charge in [-0.25, -0.2) is 5.01 Å². The highest BCUT2D eigenvalue weighted by molar-refractivity contribution is 5.56. The molecule has 5 rings (SSSR count). The van der Waals surface area contributed by atoms with Crippen molar-refractivity contribution in [3.05, 3.63) is 76.2 Å². The van der Waals surface area contributed by atoms with E-state index in [1.807, 2.05) is 30.5 Å². The molecule has 1 aromatic carbocycles. The molecule has 2 aliphatic rings. The number of nitrogens with zero attached hydrogens (tertiary/aromatic N) is 5. The highest BCUT2D eigenvalue weighted by atomic mass is 16.5. The molecule has 152 valence electrons. The van der Waals surface area contributed by atoms with Gasteiger partial charge in [0.1, 0.15) is 16.9 Å². The van der Waals surface area contributed by atoms with Crippen molar-refractivity contribution >= 4 is 11.4 Å². The van der Waals surface area contributed by atoms with Crippen molar-refractivity contribution in [3.8, 4) is 5.75 Å². The first-order chi connectivity index (χ1) is 14.8. The molecule has 0 radical (unpaired) electrons. The molecule has 2 N–H and O–H groups in total. The average molecular weight is 401 g/mol. The lowest BCUT2D eigenvalue weighted by atomic mass is 10.2. The van der Waals surface area contributed by atoms with Crippen molar-refractivity contribution in [3.63, 3.8) is 0 Å². The number of hydrogen-bond donors (Lipinski definition) is 2. The Bertz CT molecular complexity index is 1160. The third-order valence-electron chi connectivity index (χ3n) is 5.47. The first-order valence-electron chi connectivity index (χ1n) is 10.0. The van der Waals surface area contributed by atoms with E-state index in [1.165, 1.54) is 11.1 Å². The summed E-state index contributed by atoms with van der Waals surface area (Å²) in [5.74, 6) is 1.70. The molecule has 0 spiro atoms. The number of nitrogens with one attached hydrogen (secondary N) is 2. The minimum atomic E-state index is 0.640. The van der Waals surface area contributed by atoms with Crippen molar-refractivity contribution in [1.29, 1.82) is 0 Å². The van der Waals surface area contributed by atoms with Crippen LogP contribution in [-0.4, -0.2) is 39.1 Å². The minimum absolute atomic E-state index is 0.640. The van der Waals surface area contributed by atoms with Gasteiger partial charge in [0, 0.05) is 37.2 Å². The molecule has 3 aromatic rings. The SMILES string of the molecule is COc1ccc(CN2CC3=c4c(nnnc4=C(NCc4cccnc4)N2)CC3)cc1. The van der Waals surface area contributed by atoms with Gasteiger partial charge in [0.25, 0.3) is 0 Å². The molecule has 0 fully saturated rings. The number of methoxy groups -OCH3 is 1. The highest BCUT2D eigenvalue weighted by Crippen LogP contribution is 2.17. The van der Waals surface area contributed by atoms with Crippen LogP contribution in [0.5, 0.6) is 5.75 Å². The van der Waals surface area contributed by atoms with E-state index in [4.69, 9.17) is 4.74 Å². The van der Waals surface area contributed by atoms with Crippen LogP contribution in [0.3, 0.4) is 0 Å². The van der Waals surface area contributed by atoms with Crippen molar-refractivity contribution in [2.75, 3.05) is 13.7 Å².